The summed E-state index contributed by atoms with van der Waals surface area (Å²) in [6.45, 7) is 4.95. The Kier molecular flexibility index (Phi) is 42.3. The van der Waals surface area contributed by atoms with E-state index in [1.165, 1.54) is 135 Å². The molecular weight excluding hydrogens is 697 g/mol. The molecule has 0 rings (SSSR count). The van der Waals surface area contributed by atoms with Crippen molar-refractivity contribution in [2.45, 2.75) is 264 Å². The molecule has 2 unspecified atom stereocenters. The smallest absolute Gasteiger partial charge is 0.326 e. The van der Waals surface area contributed by atoms with E-state index >= 15 is 0 Å². The quantitative estimate of drug-likeness (QED) is 0.0321. The summed E-state index contributed by atoms with van der Waals surface area (Å²) in [5.41, 5.74) is 5.49. The van der Waals surface area contributed by atoms with Gasteiger partial charge in [-0.05, 0) is 83.6 Å². The number of esters is 1. The predicted octanol–water partition coefficient (Wildman–Crippen LogP) is 14.0. The number of hydrogen-bond acceptors (Lipinski definition) is 5. The van der Waals surface area contributed by atoms with Crippen LogP contribution >= 0.6 is 0 Å². The molecular formula is C49H92N2O5. The number of ether oxygens (including phenoxy) is 1. The van der Waals surface area contributed by atoms with Crippen LogP contribution in [-0.2, 0) is 19.1 Å². The molecule has 0 aromatic rings. The Bertz CT molecular complexity index is 935. The average molecular weight is 789 g/mol. The number of allylic oxidation sites excluding steroid dienone is 4. The number of carbonyl (C=O) groups excluding carboxylic acids is 2. The summed E-state index contributed by atoms with van der Waals surface area (Å²) in [5.74, 6) is -1.25. The van der Waals surface area contributed by atoms with Gasteiger partial charge >= 0.3 is 11.9 Å². The van der Waals surface area contributed by atoms with Gasteiger partial charge < -0.3 is 20.9 Å². The topological polar surface area (TPSA) is 119 Å². The van der Waals surface area contributed by atoms with Gasteiger partial charge in [-0.15, -0.1) is 0 Å². The van der Waals surface area contributed by atoms with Crippen LogP contribution < -0.4 is 11.1 Å². The van der Waals surface area contributed by atoms with Crippen molar-refractivity contribution < 1.29 is 24.2 Å². The van der Waals surface area contributed by atoms with Crippen molar-refractivity contribution in [2.24, 2.45) is 5.73 Å². The monoisotopic (exact) mass is 789 g/mol. The summed E-state index contributed by atoms with van der Waals surface area (Å²) >= 11 is 0. The summed E-state index contributed by atoms with van der Waals surface area (Å²) in [7, 11) is 0. The van der Waals surface area contributed by atoms with Crippen LogP contribution in [0.5, 0.6) is 0 Å². The van der Waals surface area contributed by atoms with E-state index in [2.05, 4.69) is 43.5 Å². The lowest BCUT2D eigenvalue weighted by Crippen LogP contribution is -2.40. The molecule has 0 aromatic heterocycles. The zero-order chi connectivity index (χ0) is 41.0. The van der Waals surface area contributed by atoms with Gasteiger partial charge in [-0.3, -0.25) is 9.59 Å². The van der Waals surface area contributed by atoms with Crippen LogP contribution in [0.4, 0.5) is 0 Å². The number of nitrogens with two attached hydrogens (primary N) is 1. The molecule has 4 N–H and O–H groups in total. The lowest BCUT2D eigenvalue weighted by molar-refractivity contribution is -0.150. The molecule has 0 spiro atoms. The Hall–Kier alpha value is -2.15. The number of hydrogen-bond donors (Lipinski definition) is 3. The summed E-state index contributed by atoms with van der Waals surface area (Å²) in [5, 5.41) is 12.0. The summed E-state index contributed by atoms with van der Waals surface area (Å²) in [6, 6.07) is -0.859. The number of amides is 1. The van der Waals surface area contributed by atoms with Gasteiger partial charge in [0.1, 0.15) is 12.1 Å². The minimum atomic E-state index is -1.01. The molecule has 56 heavy (non-hydrogen) atoms. The molecule has 0 aromatic carbocycles. The van der Waals surface area contributed by atoms with E-state index in [-0.39, 0.29) is 18.0 Å². The molecule has 0 aliphatic carbocycles. The molecule has 0 radical (unpaired) electrons. The van der Waals surface area contributed by atoms with Gasteiger partial charge in [0, 0.05) is 12.8 Å². The van der Waals surface area contributed by atoms with E-state index in [0.29, 0.717) is 32.2 Å². The molecule has 0 heterocycles. The van der Waals surface area contributed by atoms with Crippen molar-refractivity contribution in [3.05, 3.63) is 24.3 Å². The van der Waals surface area contributed by atoms with Crippen molar-refractivity contribution in [1.82, 2.24) is 5.32 Å². The SMILES string of the molecule is CCCCCCC/C=C\C/C=C\CCCC(CCCCCCCC(=O)NC(CCCN)C(=O)O)OC(=O)CCCCCCCCCCCCCCCCCCC. The first-order valence-corrected chi connectivity index (χ1v) is 24.2. The van der Waals surface area contributed by atoms with E-state index in [1.54, 1.807) is 0 Å². The van der Waals surface area contributed by atoms with Crippen LogP contribution in [0.25, 0.3) is 0 Å². The Morgan fingerprint density at radius 2 is 0.946 bits per heavy atom. The summed E-state index contributed by atoms with van der Waals surface area (Å²) in [6.07, 6.45) is 50.9. The Morgan fingerprint density at radius 1 is 0.518 bits per heavy atom. The highest BCUT2D eigenvalue weighted by atomic mass is 16.5. The van der Waals surface area contributed by atoms with Crippen molar-refractivity contribution in [3.8, 4) is 0 Å². The third-order valence-corrected chi connectivity index (χ3v) is 11.0. The Balaban J connectivity index is 4.32. The maximum atomic E-state index is 12.8. The van der Waals surface area contributed by atoms with Crippen LogP contribution in [0.2, 0.25) is 0 Å². The molecule has 1 amide bonds. The average Bonchev–Trinajstić information content (AvgIpc) is 3.18. The lowest BCUT2D eigenvalue weighted by Gasteiger charge is -2.18. The second kappa shape index (κ2) is 44.0. The van der Waals surface area contributed by atoms with Crippen LogP contribution in [-0.4, -0.2) is 41.6 Å². The zero-order valence-corrected chi connectivity index (χ0v) is 37.0. The van der Waals surface area contributed by atoms with E-state index in [9.17, 15) is 19.5 Å². The second-order valence-electron chi connectivity index (χ2n) is 16.5. The molecule has 7 nitrogen and oxygen atoms in total. The van der Waals surface area contributed by atoms with Crippen molar-refractivity contribution >= 4 is 17.8 Å². The number of nitrogens with one attached hydrogen (secondary N) is 1. The predicted molar refractivity (Wildman–Crippen MR) is 239 cm³/mol. The first kappa shape index (κ1) is 53.9. The van der Waals surface area contributed by atoms with Gasteiger partial charge in [-0.2, -0.15) is 0 Å². The minimum Gasteiger partial charge on any atom is -0.480 e. The number of carboxylic acid groups (broad SMARTS) is 1. The van der Waals surface area contributed by atoms with E-state index in [1.807, 2.05) is 0 Å². The fourth-order valence-corrected chi connectivity index (χ4v) is 7.37. The third-order valence-electron chi connectivity index (χ3n) is 11.0. The molecule has 2 atom stereocenters. The van der Waals surface area contributed by atoms with E-state index in [0.717, 1.165) is 77.0 Å². The third kappa shape index (κ3) is 40.1. The maximum absolute atomic E-state index is 12.8. The molecule has 328 valence electrons. The number of unbranched alkanes of at least 4 members (excludes halogenated alkanes) is 26. The fraction of sp³-hybridized carbons (Fsp3) is 0.857. The molecule has 0 saturated carbocycles. The van der Waals surface area contributed by atoms with Crippen LogP contribution in [0.15, 0.2) is 24.3 Å². The number of carbonyl (C=O) groups is 3. The first-order valence-electron chi connectivity index (χ1n) is 24.2. The highest BCUT2D eigenvalue weighted by Gasteiger charge is 2.19. The Labute approximate surface area is 346 Å². The van der Waals surface area contributed by atoms with Crippen LogP contribution in [0.3, 0.4) is 0 Å². The minimum absolute atomic E-state index is 0.0263. The number of aliphatic carboxylic acids is 1. The maximum Gasteiger partial charge on any atom is 0.326 e. The standard InChI is InChI=1S/C49H92N2O5/c1-3-5-7-9-11-13-15-17-18-19-20-22-24-26-28-33-37-43-48(53)56-45(39-34-30-27-25-23-21-16-14-12-10-8-6-4-2)40-35-31-29-32-36-42-47(52)51-46(49(54)55)41-38-44-50/h16,21,25,27,45-46H,3-15,17-20,22-24,26,28-44,50H2,1-2H3,(H,51,52)(H,54,55)/b21-16-,27-25-. The Morgan fingerprint density at radius 3 is 1.45 bits per heavy atom. The molecule has 0 saturated heterocycles. The molecule has 0 fully saturated rings. The van der Waals surface area contributed by atoms with Gasteiger partial charge in [-0.1, -0.05) is 186 Å². The second-order valence-corrected chi connectivity index (χ2v) is 16.5. The van der Waals surface area contributed by atoms with Crippen molar-refractivity contribution in [1.29, 1.82) is 0 Å². The number of carboxylic acids is 1. The molecule has 0 aliphatic heterocycles. The highest BCUT2D eigenvalue weighted by Crippen LogP contribution is 2.18. The van der Waals surface area contributed by atoms with Gasteiger partial charge in [0.25, 0.3) is 0 Å². The van der Waals surface area contributed by atoms with E-state index in [4.69, 9.17) is 10.5 Å². The largest absolute Gasteiger partial charge is 0.480 e. The van der Waals surface area contributed by atoms with Gasteiger partial charge in [0.15, 0.2) is 0 Å². The molecule has 7 heteroatoms. The van der Waals surface area contributed by atoms with E-state index < -0.39 is 12.0 Å². The first-order chi connectivity index (χ1) is 27.4. The molecule has 0 aliphatic rings. The van der Waals surface area contributed by atoms with Crippen LogP contribution in [0.1, 0.15) is 251 Å². The lowest BCUT2D eigenvalue weighted by atomic mass is 10.0. The highest BCUT2D eigenvalue weighted by molar-refractivity contribution is 5.83. The van der Waals surface area contributed by atoms with Crippen molar-refractivity contribution in [3.63, 3.8) is 0 Å². The summed E-state index contributed by atoms with van der Waals surface area (Å²) in [4.78, 5) is 36.5. The van der Waals surface area contributed by atoms with Crippen LogP contribution in [0, 0.1) is 0 Å². The fourth-order valence-electron chi connectivity index (χ4n) is 7.37. The van der Waals surface area contributed by atoms with Gasteiger partial charge in [0.2, 0.25) is 5.91 Å². The summed E-state index contributed by atoms with van der Waals surface area (Å²) < 4.78 is 6.05. The zero-order valence-electron chi connectivity index (χ0n) is 37.0. The molecule has 0 bridgehead atoms. The van der Waals surface area contributed by atoms with Gasteiger partial charge in [-0.25, -0.2) is 4.79 Å². The van der Waals surface area contributed by atoms with Crippen molar-refractivity contribution in [2.75, 3.05) is 6.54 Å². The normalized spacial score (nSPS) is 12.8. The number of rotatable bonds is 44. The van der Waals surface area contributed by atoms with Gasteiger partial charge in [0.05, 0.1) is 0 Å².